The normalized spacial score (nSPS) is 42.8. The molecule has 2 amide bonds. The molecule has 9 atom stereocenters. The molecule has 0 aromatic carbocycles. The second-order valence-corrected chi connectivity index (χ2v) is 14.2. The lowest BCUT2D eigenvalue weighted by Gasteiger charge is -2.64. The van der Waals surface area contributed by atoms with E-state index >= 15 is 0 Å². The Morgan fingerprint density at radius 3 is 2.67 bits per heavy atom. The van der Waals surface area contributed by atoms with E-state index < -0.39 is 5.60 Å². The zero-order valence-corrected chi connectivity index (χ0v) is 24.4. The van der Waals surface area contributed by atoms with E-state index in [1.165, 1.54) is 6.07 Å². The summed E-state index contributed by atoms with van der Waals surface area (Å²) in [5.74, 6) is 1.48. The number of hydrogen-bond acceptors (Lipinski definition) is 6. The van der Waals surface area contributed by atoms with Gasteiger partial charge in [0, 0.05) is 36.7 Å². The maximum Gasteiger partial charge on any atom is 0.335 e. The van der Waals surface area contributed by atoms with Crippen LogP contribution in [0.25, 0.3) is 0 Å². The van der Waals surface area contributed by atoms with Crippen LogP contribution in [0.2, 0.25) is 0 Å². The number of hydrogen-bond donors (Lipinski definition) is 4. The summed E-state index contributed by atoms with van der Waals surface area (Å²) in [5.41, 5.74) is -0.0588. The van der Waals surface area contributed by atoms with E-state index in [2.05, 4.69) is 24.5 Å². The van der Waals surface area contributed by atoms with E-state index in [9.17, 15) is 19.8 Å². The van der Waals surface area contributed by atoms with Crippen LogP contribution in [0.5, 0.6) is 0 Å². The molecule has 1 aromatic heterocycles. The zero-order chi connectivity index (χ0) is 28.1. The van der Waals surface area contributed by atoms with Crippen molar-refractivity contribution in [2.75, 3.05) is 26.2 Å². The van der Waals surface area contributed by atoms with Crippen molar-refractivity contribution >= 4 is 6.03 Å². The Labute approximate surface area is 238 Å². The largest absolute Gasteiger partial charge is 0.431 e. The van der Waals surface area contributed by atoms with Gasteiger partial charge >= 0.3 is 11.7 Å². The van der Waals surface area contributed by atoms with Crippen molar-refractivity contribution in [3.63, 3.8) is 0 Å². The fraction of sp³-hybridized carbons (Fsp3) is 0.812. The number of rotatable bonds is 5. The van der Waals surface area contributed by atoms with Gasteiger partial charge in [0.2, 0.25) is 0 Å². The number of aliphatic hydroxyl groups excluding tert-OH is 1. The number of carbonyl (C=O) groups excluding carboxylic acids is 1. The quantitative estimate of drug-likeness (QED) is 0.437. The third-order valence-corrected chi connectivity index (χ3v) is 12.6. The molecule has 40 heavy (non-hydrogen) atoms. The highest BCUT2D eigenvalue weighted by atomic mass is 16.4. The summed E-state index contributed by atoms with van der Waals surface area (Å²) >= 11 is 0. The topological polar surface area (TPSA) is 115 Å². The maximum absolute atomic E-state index is 13.4. The standard InChI is InChI=1S/C32H49N3O5/c1-30-12-9-24(35(16-17-36)29(38)34-23-4-3-15-33-19-23)18-22(30)6-7-27-26(30)10-13-31(2)25(11-14-32(27,31)39)21-5-8-28(37)40-20-21/h5,8,20,22-27,33,36,39H,3-4,6-7,9-19H2,1-2H3,(H,34,38)/t22-,23-,24+,25-,26+,27-,30+,31-,32+/m1/s1. The van der Waals surface area contributed by atoms with Crippen molar-refractivity contribution in [3.8, 4) is 0 Å². The highest BCUT2D eigenvalue weighted by Crippen LogP contribution is 2.70. The van der Waals surface area contributed by atoms with Gasteiger partial charge in [-0.1, -0.05) is 13.8 Å². The minimum Gasteiger partial charge on any atom is -0.431 e. The summed E-state index contributed by atoms with van der Waals surface area (Å²) in [7, 11) is 0. The van der Waals surface area contributed by atoms with Gasteiger partial charge < -0.3 is 30.2 Å². The molecule has 1 saturated heterocycles. The van der Waals surface area contributed by atoms with Gasteiger partial charge in [-0.15, -0.1) is 0 Å². The summed E-state index contributed by atoms with van der Waals surface area (Å²) in [6, 6.07) is 3.70. The van der Waals surface area contributed by atoms with Crippen LogP contribution in [-0.2, 0) is 0 Å². The van der Waals surface area contributed by atoms with Gasteiger partial charge in [0.25, 0.3) is 0 Å². The second kappa shape index (κ2) is 10.7. The predicted octanol–water partition coefficient (Wildman–Crippen LogP) is 4.01. The summed E-state index contributed by atoms with van der Waals surface area (Å²) in [4.78, 5) is 26.9. The van der Waals surface area contributed by atoms with Crippen molar-refractivity contribution in [3.05, 3.63) is 34.4 Å². The molecule has 6 rings (SSSR count). The fourth-order valence-electron chi connectivity index (χ4n) is 10.4. The summed E-state index contributed by atoms with van der Waals surface area (Å²) < 4.78 is 5.24. The lowest BCUT2D eigenvalue weighted by molar-refractivity contribution is -0.203. The average Bonchev–Trinajstić information content (AvgIpc) is 3.23. The van der Waals surface area contributed by atoms with Crippen molar-refractivity contribution < 1.29 is 19.4 Å². The molecule has 0 bridgehead atoms. The van der Waals surface area contributed by atoms with Crippen LogP contribution < -0.4 is 16.3 Å². The van der Waals surface area contributed by atoms with Gasteiger partial charge in [-0.2, -0.15) is 0 Å². The number of nitrogens with zero attached hydrogens (tertiary/aromatic N) is 1. The number of piperidine rings is 1. The summed E-state index contributed by atoms with van der Waals surface area (Å²) in [6.07, 6.45) is 12.6. The number of urea groups is 1. The van der Waals surface area contributed by atoms with Gasteiger partial charge in [-0.05, 0) is 118 Å². The number of fused-ring (bicyclic) bond motifs is 5. The third-order valence-electron chi connectivity index (χ3n) is 12.6. The molecule has 0 spiro atoms. The van der Waals surface area contributed by atoms with Crippen LogP contribution in [0.1, 0.15) is 96.0 Å². The van der Waals surface area contributed by atoms with E-state index in [0.29, 0.717) is 18.4 Å². The highest BCUT2D eigenvalue weighted by Gasteiger charge is 2.67. The molecule has 4 N–H and O–H groups in total. The van der Waals surface area contributed by atoms with Crippen molar-refractivity contribution in [1.82, 2.24) is 15.5 Å². The van der Waals surface area contributed by atoms with Crippen molar-refractivity contribution in [2.24, 2.45) is 28.6 Å². The van der Waals surface area contributed by atoms with Crippen LogP contribution in [0.15, 0.2) is 27.6 Å². The van der Waals surface area contributed by atoms with Crippen LogP contribution in [0.3, 0.4) is 0 Å². The average molecular weight is 556 g/mol. The van der Waals surface area contributed by atoms with Gasteiger partial charge in [-0.3, -0.25) is 0 Å². The van der Waals surface area contributed by atoms with Gasteiger partial charge in [-0.25, -0.2) is 9.59 Å². The van der Waals surface area contributed by atoms with E-state index in [4.69, 9.17) is 4.42 Å². The first-order chi connectivity index (χ1) is 19.2. The van der Waals surface area contributed by atoms with Crippen LogP contribution in [-0.4, -0.2) is 65.1 Å². The first-order valence-electron chi connectivity index (χ1n) is 15.9. The number of amides is 2. The second-order valence-electron chi connectivity index (χ2n) is 14.2. The minimum absolute atomic E-state index is 0.0168. The smallest absolute Gasteiger partial charge is 0.335 e. The molecule has 8 heteroatoms. The lowest BCUT2D eigenvalue weighted by Crippen LogP contribution is -2.63. The van der Waals surface area contributed by atoms with Gasteiger partial charge in [0.05, 0.1) is 18.5 Å². The molecular formula is C32H49N3O5. The number of carbonyl (C=O) groups is 1. The third kappa shape index (κ3) is 4.53. The molecular weight excluding hydrogens is 506 g/mol. The molecule has 8 nitrogen and oxygen atoms in total. The number of aliphatic hydroxyl groups is 2. The fourth-order valence-corrected chi connectivity index (χ4v) is 10.4. The molecule has 2 heterocycles. The lowest BCUT2D eigenvalue weighted by atomic mass is 9.43. The Morgan fingerprint density at radius 1 is 1.10 bits per heavy atom. The minimum atomic E-state index is -0.710. The number of nitrogens with one attached hydrogen (secondary N) is 2. The van der Waals surface area contributed by atoms with Gasteiger partial charge in [0.1, 0.15) is 0 Å². The first kappa shape index (κ1) is 28.2. The van der Waals surface area contributed by atoms with E-state index in [1.54, 1.807) is 6.26 Å². The Morgan fingerprint density at radius 2 is 1.95 bits per heavy atom. The predicted molar refractivity (Wildman–Crippen MR) is 153 cm³/mol. The molecule has 1 aliphatic heterocycles. The van der Waals surface area contributed by atoms with Gasteiger partial charge in [0.15, 0.2) is 0 Å². The molecule has 5 aliphatic rings. The van der Waals surface area contributed by atoms with E-state index in [1.807, 2.05) is 11.0 Å². The Hall–Kier alpha value is -1.90. The maximum atomic E-state index is 13.4. The Kier molecular flexibility index (Phi) is 7.58. The van der Waals surface area contributed by atoms with Crippen LogP contribution in [0, 0.1) is 28.6 Å². The molecule has 4 saturated carbocycles. The van der Waals surface area contributed by atoms with Crippen molar-refractivity contribution in [2.45, 2.75) is 108 Å². The van der Waals surface area contributed by atoms with Crippen LogP contribution >= 0.6 is 0 Å². The van der Waals surface area contributed by atoms with Crippen molar-refractivity contribution in [1.29, 1.82) is 0 Å². The Balaban J connectivity index is 1.17. The molecule has 1 aromatic rings. The molecule has 222 valence electrons. The van der Waals surface area contributed by atoms with E-state index in [0.717, 1.165) is 89.3 Å². The molecule has 0 radical (unpaired) electrons. The Bertz CT molecular complexity index is 1120. The molecule has 0 unspecified atom stereocenters. The monoisotopic (exact) mass is 555 g/mol. The van der Waals surface area contributed by atoms with Crippen LogP contribution in [0.4, 0.5) is 4.79 Å². The highest BCUT2D eigenvalue weighted by molar-refractivity contribution is 5.75. The van der Waals surface area contributed by atoms with E-state index in [-0.39, 0.29) is 53.0 Å². The SMILES string of the molecule is C[C@]12CC[C@H](N(CCO)C(=O)N[C@@H]3CCCNC3)C[C@H]1CC[C@@H]1[C@@H]2CC[C@]2(C)[C@@H](c3ccc(=O)oc3)CC[C@]12O. The summed E-state index contributed by atoms with van der Waals surface area (Å²) in [5, 5.41) is 29.0. The zero-order valence-electron chi connectivity index (χ0n) is 24.4. The summed E-state index contributed by atoms with van der Waals surface area (Å²) in [6.45, 7) is 6.94. The first-order valence-corrected chi connectivity index (χ1v) is 15.9. The molecule has 4 aliphatic carbocycles. The molecule has 5 fully saturated rings.